The van der Waals surface area contributed by atoms with Gasteiger partial charge in [0, 0.05) is 6.07 Å². The Labute approximate surface area is 187 Å². The molecule has 1 aromatic heterocycles. The molecule has 0 fully saturated rings. The minimum atomic E-state index is -4.68. The molecule has 32 heavy (non-hydrogen) atoms. The van der Waals surface area contributed by atoms with E-state index in [1.165, 1.54) is 12.1 Å². The number of benzene rings is 2. The van der Waals surface area contributed by atoms with Crippen LogP contribution in [0, 0.1) is 6.92 Å². The Kier molecular flexibility index (Phi) is 7.29. The van der Waals surface area contributed by atoms with Gasteiger partial charge in [0.15, 0.2) is 12.3 Å². The summed E-state index contributed by atoms with van der Waals surface area (Å²) in [6, 6.07) is 14.4. The fourth-order valence-electron chi connectivity index (χ4n) is 2.74. The highest BCUT2D eigenvalue weighted by Gasteiger charge is 2.36. The first-order valence-electron chi connectivity index (χ1n) is 9.68. The second kappa shape index (κ2) is 9.95. The zero-order valence-corrected chi connectivity index (χ0v) is 18.1. The van der Waals surface area contributed by atoms with Crippen LogP contribution in [0.25, 0.3) is 5.69 Å². The first kappa shape index (κ1) is 23.5. The SMILES string of the molecule is Cc1ccc(OC(C)CNC(=O)COc2cc(C(F)(F)F)nn2-c2ccccc2Cl)cc1. The van der Waals surface area contributed by atoms with Crippen molar-refractivity contribution in [1.29, 1.82) is 0 Å². The number of carbonyl (C=O) groups excluding carboxylic acids is 1. The van der Waals surface area contributed by atoms with Gasteiger partial charge in [-0.15, -0.1) is 0 Å². The van der Waals surface area contributed by atoms with Gasteiger partial charge in [0.05, 0.1) is 17.3 Å². The Morgan fingerprint density at radius 3 is 2.53 bits per heavy atom. The highest BCUT2D eigenvalue weighted by atomic mass is 35.5. The summed E-state index contributed by atoms with van der Waals surface area (Å²) in [6.07, 6.45) is -5.01. The van der Waals surface area contributed by atoms with Crippen LogP contribution < -0.4 is 14.8 Å². The van der Waals surface area contributed by atoms with E-state index in [9.17, 15) is 18.0 Å². The number of alkyl halides is 3. The van der Waals surface area contributed by atoms with Crippen LogP contribution in [-0.4, -0.2) is 34.9 Å². The summed E-state index contributed by atoms with van der Waals surface area (Å²) < 4.78 is 51.4. The molecule has 1 amide bonds. The number of nitrogens with one attached hydrogen (secondary N) is 1. The van der Waals surface area contributed by atoms with E-state index in [0.29, 0.717) is 5.75 Å². The summed E-state index contributed by atoms with van der Waals surface area (Å²) >= 11 is 6.09. The second-order valence-electron chi connectivity index (χ2n) is 7.06. The third kappa shape index (κ3) is 6.16. The molecule has 0 saturated heterocycles. The van der Waals surface area contributed by atoms with Crippen molar-refractivity contribution in [3.05, 3.63) is 70.9 Å². The molecule has 1 N–H and O–H groups in total. The number of hydrogen-bond donors (Lipinski definition) is 1. The lowest BCUT2D eigenvalue weighted by atomic mass is 10.2. The predicted octanol–water partition coefficient (Wildman–Crippen LogP) is 4.82. The minimum Gasteiger partial charge on any atom is -0.489 e. The summed E-state index contributed by atoms with van der Waals surface area (Å²) in [4.78, 5) is 12.2. The average Bonchev–Trinajstić information content (AvgIpc) is 3.17. The maximum absolute atomic E-state index is 13.1. The molecule has 0 radical (unpaired) electrons. The largest absolute Gasteiger partial charge is 0.489 e. The summed E-state index contributed by atoms with van der Waals surface area (Å²) in [5, 5.41) is 6.35. The van der Waals surface area contributed by atoms with Gasteiger partial charge in [-0.05, 0) is 38.1 Å². The van der Waals surface area contributed by atoms with Crippen LogP contribution >= 0.6 is 11.6 Å². The van der Waals surface area contributed by atoms with Crippen LogP contribution in [0.15, 0.2) is 54.6 Å². The van der Waals surface area contributed by atoms with Crippen LogP contribution in [-0.2, 0) is 11.0 Å². The Balaban J connectivity index is 1.61. The van der Waals surface area contributed by atoms with Gasteiger partial charge >= 0.3 is 6.18 Å². The minimum absolute atomic E-state index is 0.181. The van der Waals surface area contributed by atoms with Crippen molar-refractivity contribution in [3.63, 3.8) is 0 Å². The molecule has 0 bridgehead atoms. The van der Waals surface area contributed by atoms with E-state index in [4.69, 9.17) is 21.1 Å². The Bertz CT molecular complexity index is 1070. The molecule has 0 saturated carbocycles. The second-order valence-corrected chi connectivity index (χ2v) is 7.47. The van der Waals surface area contributed by atoms with Crippen LogP contribution in [0.4, 0.5) is 13.2 Å². The predicted molar refractivity (Wildman–Crippen MR) is 113 cm³/mol. The number of aromatic nitrogens is 2. The quantitative estimate of drug-likeness (QED) is 0.516. The van der Waals surface area contributed by atoms with Crippen LogP contribution in [0.1, 0.15) is 18.2 Å². The number of ether oxygens (including phenoxy) is 2. The van der Waals surface area contributed by atoms with Gasteiger partial charge in [-0.2, -0.15) is 23.0 Å². The molecule has 1 atom stereocenters. The highest BCUT2D eigenvalue weighted by Crippen LogP contribution is 2.33. The van der Waals surface area contributed by atoms with Crippen molar-refractivity contribution in [2.75, 3.05) is 13.2 Å². The number of halogens is 4. The number of para-hydroxylation sites is 1. The van der Waals surface area contributed by atoms with E-state index in [2.05, 4.69) is 10.4 Å². The van der Waals surface area contributed by atoms with E-state index in [0.717, 1.165) is 16.3 Å². The fourth-order valence-corrected chi connectivity index (χ4v) is 2.96. The number of aryl methyl sites for hydroxylation is 1. The Hall–Kier alpha value is -3.20. The van der Waals surface area contributed by atoms with Gasteiger partial charge in [-0.3, -0.25) is 4.79 Å². The highest BCUT2D eigenvalue weighted by molar-refractivity contribution is 6.32. The molecule has 0 aliphatic rings. The lowest BCUT2D eigenvalue weighted by molar-refractivity contribution is -0.141. The molecule has 0 aliphatic carbocycles. The molecule has 3 rings (SSSR count). The summed E-state index contributed by atoms with van der Waals surface area (Å²) in [5.41, 5.74) is 0.133. The number of carbonyl (C=O) groups is 1. The topological polar surface area (TPSA) is 65.4 Å². The van der Waals surface area contributed by atoms with Gasteiger partial charge in [-0.25, -0.2) is 0 Å². The van der Waals surface area contributed by atoms with Crippen LogP contribution in [0.2, 0.25) is 5.02 Å². The maximum Gasteiger partial charge on any atom is 0.435 e. The molecule has 1 unspecified atom stereocenters. The average molecular weight is 468 g/mol. The summed E-state index contributed by atoms with van der Waals surface area (Å²) in [5.74, 6) is -0.119. The van der Waals surface area contributed by atoms with Crippen molar-refractivity contribution in [1.82, 2.24) is 15.1 Å². The fraction of sp³-hybridized carbons (Fsp3) is 0.273. The van der Waals surface area contributed by atoms with E-state index < -0.39 is 24.4 Å². The Morgan fingerprint density at radius 2 is 1.88 bits per heavy atom. The number of hydrogen-bond acceptors (Lipinski definition) is 4. The van der Waals surface area contributed by atoms with E-state index in [-0.39, 0.29) is 29.2 Å². The standard InChI is InChI=1S/C22H21ClF3N3O3/c1-14-7-9-16(10-8-14)32-15(2)12-27-20(30)13-31-21-11-19(22(24,25)26)28-29(21)18-6-4-3-5-17(18)23/h3-11,15H,12-13H2,1-2H3,(H,27,30). The first-order valence-corrected chi connectivity index (χ1v) is 10.1. The van der Waals surface area contributed by atoms with Crippen molar-refractivity contribution in [3.8, 4) is 17.3 Å². The van der Waals surface area contributed by atoms with E-state index in [1.807, 2.05) is 31.2 Å². The molecule has 1 heterocycles. The molecule has 2 aromatic carbocycles. The number of nitrogens with zero attached hydrogens (tertiary/aromatic N) is 2. The van der Waals surface area contributed by atoms with Gasteiger partial charge in [0.25, 0.3) is 5.91 Å². The molecule has 0 spiro atoms. The lowest BCUT2D eigenvalue weighted by Crippen LogP contribution is -2.36. The van der Waals surface area contributed by atoms with E-state index >= 15 is 0 Å². The van der Waals surface area contributed by atoms with Crippen molar-refractivity contribution < 1.29 is 27.4 Å². The Morgan fingerprint density at radius 1 is 1.19 bits per heavy atom. The normalized spacial score (nSPS) is 12.3. The monoisotopic (exact) mass is 467 g/mol. The van der Waals surface area contributed by atoms with Crippen molar-refractivity contribution in [2.45, 2.75) is 26.1 Å². The lowest BCUT2D eigenvalue weighted by Gasteiger charge is -2.16. The third-order valence-electron chi connectivity index (χ3n) is 4.34. The van der Waals surface area contributed by atoms with E-state index in [1.54, 1.807) is 19.1 Å². The molecular weight excluding hydrogens is 447 g/mol. The molecule has 6 nitrogen and oxygen atoms in total. The summed E-state index contributed by atoms with van der Waals surface area (Å²) in [6.45, 7) is 3.42. The van der Waals surface area contributed by atoms with Crippen LogP contribution in [0.5, 0.6) is 11.6 Å². The zero-order chi connectivity index (χ0) is 23.3. The van der Waals surface area contributed by atoms with Gasteiger partial charge < -0.3 is 14.8 Å². The number of amides is 1. The van der Waals surface area contributed by atoms with Gasteiger partial charge in [0.2, 0.25) is 5.88 Å². The smallest absolute Gasteiger partial charge is 0.435 e. The third-order valence-corrected chi connectivity index (χ3v) is 4.66. The number of rotatable bonds is 8. The van der Waals surface area contributed by atoms with Gasteiger partial charge in [-0.1, -0.05) is 41.4 Å². The molecule has 0 aliphatic heterocycles. The zero-order valence-electron chi connectivity index (χ0n) is 17.3. The molecular formula is C22H21ClF3N3O3. The van der Waals surface area contributed by atoms with Crippen molar-refractivity contribution >= 4 is 17.5 Å². The summed E-state index contributed by atoms with van der Waals surface area (Å²) in [7, 11) is 0. The van der Waals surface area contributed by atoms with Crippen molar-refractivity contribution in [2.24, 2.45) is 0 Å². The molecule has 170 valence electrons. The maximum atomic E-state index is 13.1. The molecule has 3 aromatic rings. The van der Waals surface area contributed by atoms with Crippen LogP contribution in [0.3, 0.4) is 0 Å². The first-order chi connectivity index (χ1) is 15.1. The van der Waals surface area contributed by atoms with Gasteiger partial charge in [0.1, 0.15) is 11.9 Å². The molecule has 10 heteroatoms.